The van der Waals surface area contributed by atoms with Crippen molar-refractivity contribution in [2.45, 2.75) is 41.0 Å². The van der Waals surface area contributed by atoms with Gasteiger partial charge in [0.2, 0.25) is 0 Å². The van der Waals surface area contributed by atoms with Gasteiger partial charge in [-0.15, -0.1) is 0 Å². The predicted octanol–water partition coefficient (Wildman–Crippen LogP) is 3.77. The Kier molecular flexibility index (Phi) is 4.79. The lowest BCUT2D eigenvalue weighted by atomic mass is 9.78. The molecule has 0 aliphatic rings. The Bertz CT molecular complexity index is 94.2. The summed E-state index contributed by atoms with van der Waals surface area (Å²) >= 11 is 0. The van der Waals surface area contributed by atoms with Crippen LogP contribution >= 0.6 is 0 Å². The summed E-state index contributed by atoms with van der Waals surface area (Å²) in [7, 11) is 0. The van der Waals surface area contributed by atoms with E-state index in [0.29, 0.717) is 5.92 Å². The summed E-state index contributed by atoms with van der Waals surface area (Å²) in [6.07, 6.45) is 1.29. The van der Waals surface area contributed by atoms with Gasteiger partial charge < -0.3 is 0 Å². The van der Waals surface area contributed by atoms with Gasteiger partial charge in [-0.2, -0.15) is 0 Å². The lowest BCUT2D eigenvalue weighted by Gasteiger charge is -2.28. The van der Waals surface area contributed by atoms with Crippen molar-refractivity contribution in [1.29, 1.82) is 0 Å². The van der Waals surface area contributed by atoms with E-state index in [4.69, 9.17) is 0 Å². The average molecular weight is 155 g/mol. The molecule has 0 aromatic heterocycles. The van der Waals surface area contributed by atoms with Crippen molar-refractivity contribution in [3.05, 3.63) is 6.92 Å². The van der Waals surface area contributed by atoms with Crippen LogP contribution in [0.25, 0.3) is 0 Å². The summed E-state index contributed by atoms with van der Waals surface area (Å²) in [4.78, 5) is 0. The summed E-state index contributed by atoms with van der Waals surface area (Å²) in [5, 5.41) is 0. The molecule has 11 heavy (non-hydrogen) atoms. The highest BCUT2D eigenvalue weighted by Gasteiger charge is 2.19. The van der Waals surface area contributed by atoms with E-state index in [-0.39, 0.29) is 0 Å². The van der Waals surface area contributed by atoms with Crippen molar-refractivity contribution in [3.63, 3.8) is 0 Å². The highest BCUT2D eigenvalue weighted by atomic mass is 14.2. The molecule has 0 spiro atoms. The van der Waals surface area contributed by atoms with E-state index in [1.54, 1.807) is 0 Å². The molecule has 4 atom stereocenters. The van der Waals surface area contributed by atoms with Crippen LogP contribution in [-0.2, 0) is 0 Å². The maximum atomic E-state index is 4.08. The molecular weight excluding hydrogens is 132 g/mol. The summed E-state index contributed by atoms with van der Waals surface area (Å²) < 4.78 is 0. The summed E-state index contributed by atoms with van der Waals surface area (Å²) in [6.45, 7) is 15.6. The first-order valence-electron chi connectivity index (χ1n) is 4.83. The van der Waals surface area contributed by atoms with Crippen LogP contribution in [-0.4, -0.2) is 0 Å². The Morgan fingerprint density at radius 3 is 1.73 bits per heavy atom. The van der Waals surface area contributed by atoms with E-state index < -0.39 is 0 Å². The standard InChI is InChI=1S/C11H23/c1-7-9(4)11(6)10(5)8(2)3/h8-11H,2,7H2,1,3-6H3. The minimum atomic E-state index is 0.582. The molecule has 0 nitrogen and oxygen atoms in total. The highest BCUT2D eigenvalue weighted by Crippen LogP contribution is 2.27. The van der Waals surface area contributed by atoms with Gasteiger partial charge in [0.05, 0.1) is 0 Å². The van der Waals surface area contributed by atoms with E-state index in [0.717, 1.165) is 17.8 Å². The Labute approximate surface area is 72.4 Å². The third kappa shape index (κ3) is 3.27. The molecule has 0 aromatic carbocycles. The van der Waals surface area contributed by atoms with Crippen molar-refractivity contribution in [2.75, 3.05) is 0 Å². The van der Waals surface area contributed by atoms with Crippen molar-refractivity contribution in [2.24, 2.45) is 23.7 Å². The second-order valence-electron chi connectivity index (χ2n) is 4.08. The Balaban J connectivity index is 3.90. The van der Waals surface area contributed by atoms with Crippen molar-refractivity contribution >= 4 is 0 Å². The molecule has 0 saturated carbocycles. The number of hydrogen-bond donors (Lipinski definition) is 0. The molecule has 0 heteroatoms. The molecule has 0 N–H and O–H groups in total. The van der Waals surface area contributed by atoms with Crippen LogP contribution < -0.4 is 0 Å². The van der Waals surface area contributed by atoms with Gasteiger partial charge in [0.1, 0.15) is 0 Å². The minimum Gasteiger partial charge on any atom is -0.0651 e. The molecule has 67 valence electrons. The summed E-state index contributed by atoms with van der Waals surface area (Å²) in [5.74, 6) is 2.99. The summed E-state index contributed by atoms with van der Waals surface area (Å²) in [5.41, 5.74) is 0. The zero-order valence-corrected chi connectivity index (χ0v) is 8.72. The van der Waals surface area contributed by atoms with Gasteiger partial charge in [0, 0.05) is 0 Å². The molecule has 0 aliphatic carbocycles. The molecule has 0 aromatic rings. The second kappa shape index (κ2) is 4.79. The van der Waals surface area contributed by atoms with Crippen LogP contribution in [0.4, 0.5) is 0 Å². The molecule has 1 radical (unpaired) electrons. The number of hydrogen-bond acceptors (Lipinski definition) is 0. The fourth-order valence-electron chi connectivity index (χ4n) is 1.41. The van der Waals surface area contributed by atoms with Crippen LogP contribution in [0.5, 0.6) is 0 Å². The van der Waals surface area contributed by atoms with Crippen LogP contribution in [0.15, 0.2) is 0 Å². The first-order valence-corrected chi connectivity index (χ1v) is 4.83. The predicted molar refractivity (Wildman–Crippen MR) is 52.3 cm³/mol. The molecule has 0 aliphatic heterocycles. The molecule has 0 rings (SSSR count). The Morgan fingerprint density at radius 2 is 1.45 bits per heavy atom. The minimum absolute atomic E-state index is 0.582. The van der Waals surface area contributed by atoms with Crippen molar-refractivity contribution < 1.29 is 0 Å². The van der Waals surface area contributed by atoms with E-state index in [1.165, 1.54) is 6.42 Å². The smallest absolute Gasteiger partial charge is 0.0389 e. The first-order chi connectivity index (χ1) is 5.00. The maximum absolute atomic E-state index is 4.08. The van der Waals surface area contributed by atoms with E-state index >= 15 is 0 Å². The average Bonchev–Trinajstić information content (AvgIpc) is 2.00. The van der Waals surface area contributed by atoms with Gasteiger partial charge in [-0.05, 0) is 23.7 Å². The van der Waals surface area contributed by atoms with E-state index in [1.807, 2.05) is 0 Å². The van der Waals surface area contributed by atoms with E-state index in [9.17, 15) is 0 Å². The highest BCUT2D eigenvalue weighted by molar-refractivity contribution is 4.72. The van der Waals surface area contributed by atoms with Crippen LogP contribution in [0.2, 0.25) is 0 Å². The van der Waals surface area contributed by atoms with Gasteiger partial charge in [-0.3, -0.25) is 0 Å². The number of rotatable bonds is 4. The van der Waals surface area contributed by atoms with Gasteiger partial charge in [0.25, 0.3) is 0 Å². The van der Waals surface area contributed by atoms with Gasteiger partial charge >= 0.3 is 0 Å². The zero-order valence-electron chi connectivity index (χ0n) is 8.72. The normalized spacial score (nSPS) is 19.9. The third-order valence-corrected chi connectivity index (χ3v) is 3.27. The summed E-state index contributed by atoms with van der Waals surface area (Å²) in [6, 6.07) is 0. The molecule has 0 amide bonds. The maximum Gasteiger partial charge on any atom is -0.0389 e. The Hall–Kier alpha value is 0. The second-order valence-corrected chi connectivity index (χ2v) is 4.08. The van der Waals surface area contributed by atoms with Crippen LogP contribution in [0.3, 0.4) is 0 Å². The largest absolute Gasteiger partial charge is 0.0651 e. The molecule has 0 heterocycles. The SMILES string of the molecule is [CH2]C(C)C(C)C(C)C(C)CC. The molecular formula is C11H23. The van der Waals surface area contributed by atoms with E-state index in [2.05, 4.69) is 41.5 Å². The van der Waals surface area contributed by atoms with Gasteiger partial charge in [0.15, 0.2) is 0 Å². The monoisotopic (exact) mass is 155 g/mol. The zero-order chi connectivity index (χ0) is 9.02. The van der Waals surface area contributed by atoms with Crippen LogP contribution in [0, 0.1) is 30.6 Å². The van der Waals surface area contributed by atoms with Gasteiger partial charge in [-0.1, -0.05) is 48.0 Å². The van der Waals surface area contributed by atoms with Crippen molar-refractivity contribution in [1.82, 2.24) is 0 Å². The Morgan fingerprint density at radius 1 is 1.00 bits per heavy atom. The third-order valence-electron chi connectivity index (χ3n) is 3.27. The van der Waals surface area contributed by atoms with Crippen molar-refractivity contribution in [3.8, 4) is 0 Å². The lowest BCUT2D eigenvalue weighted by molar-refractivity contribution is 0.232. The van der Waals surface area contributed by atoms with Crippen LogP contribution in [0.1, 0.15) is 41.0 Å². The first kappa shape index (κ1) is 11.0. The lowest BCUT2D eigenvalue weighted by Crippen LogP contribution is -2.20. The molecule has 0 fully saturated rings. The molecule has 0 saturated heterocycles. The topological polar surface area (TPSA) is 0 Å². The fourth-order valence-corrected chi connectivity index (χ4v) is 1.41. The molecule has 4 unspecified atom stereocenters. The quantitative estimate of drug-likeness (QED) is 0.579. The fraction of sp³-hybridized carbons (Fsp3) is 0.909. The van der Waals surface area contributed by atoms with Gasteiger partial charge in [-0.25, -0.2) is 0 Å². The molecule has 0 bridgehead atoms.